The van der Waals surface area contributed by atoms with Gasteiger partial charge in [-0.1, -0.05) is 0 Å². The molecule has 0 aliphatic rings. The Morgan fingerprint density at radius 3 is 2.43 bits per heavy atom. The highest BCUT2D eigenvalue weighted by Gasteiger charge is 2.16. The third-order valence-electron chi connectivity index (χ3n) is 3.26. The fraction of sp³-hybridized carbons (Fsp3) is 0.333. The summed E-state index contributed by atoms with van der Waals surface area (Å²) in [5.41, 5.74) is 2.11. The van der Waals surface area contributed by atoms with Gasteiger partial charge in [0, 0.05) is 7.05 Å². The molecule has 2 aromatic heterocycles. The smallest absolute Gasteiger partial charge is 0.348 e. The zero-order chi connectivity index (χ0) is 17.1. The van der Waals surface area contributed by atoms with E-state index in [9.17, 15) is 14.4 Å². The number of rotatable bonds is 5. The van der Waals surface area contributed by atoms with Crippen LogP contribution in [0.2, 0.25) is 0 Å². The molecular weight excluding hydrogens is 318 g/mol. The van der Waals surface area contributed by atoms with E-state index in [1.165, 1.54) is 13.0 Å². The molecule has 1 N–H and O–H groups in total. The maximum atomic E-state index is 11.9. The van der Waals surface area contributed by atoms with Gasteiger partial charge in [-0.05, 0) is 32.9 Å². The van der Waals surface area contributed by atoms with E-state index < -0.39 is 18.5 Å². The van der Waals surface area contributed by atoms with Gasteiger partial charge in [0.1, 0.15) is 4.88 Å². The van der Waals surface area contributed by atoms with Crippen LogP contribution in [-0.2, 0) is 16.6 Å². The van der Waals surface area contributed by atoms with Crippen molar-refractivity contribution in [2.24, 2.45) is 7.05 Å². The van der Waals surface area contributed by atoms with Gasteiger partial charge >= 0.3 is 5.97 Å². The van der Waals surface area contributed by atoms with Gasteiger partial charge in [-0.25, -0.2) is 4.79 Å². The number of Topliss-reactive ketones (excluding diaryl/α,β-unsaturated/α-hetero) is 1. The van der Waals surface area contributed by atoms with Crippen molar-refractivity contribution in [2.75, 3.05) is 11.9 Å². The molecule has 2 rings (SSSR count). The number of carbonyl (C=O) groups is 3. The first kappa shape index (κ1) is 16.9. The van der Waals surface area contributed by atoms with Gasteiger partial charge in [0.05, 0.1) is 22.0 Å². The average molecular weight is 335 g/mol. The number of nitrogens with one attached hydrogen (secondary N) is 1. The van der Waals surface area contributed by atoms with Crippen molar-refractivity contribution in [1.29, 1.82) is 0 Å². The molecule has 0 unspecified atom stereocenters. The topological polar surface area (TPSA) is 90.3 Å². The van der Waals surface area contributed by atoms with E-state index in [0.717, 1.165) is 17.0 Å². The number of thiophene rings is 1. The first-order valence-corrected chi connectivity index (χ1v) is 7.69. The van der Waals surface area contributed by atoms with E-state index in [1.807, 2.05) is 6.92 Å². The Hall–Kier alpha value is -2.48. The van der Waals surface area contributed by atoms with Crippen molar-refractivity contribution in [2.45, 2.75) is 20.8 Å². The average Bonchev–Trinajstić information content (AvgIpc) is 3.06. The van der Waals surface area contributed by atoms with Crippen LogP contribution in [0.3, 0.4) is 0 Å². The molecule has 2 heterocycles. The molecule has 1 amide bonds. The highest BCUT2D eigenvalue weighted by atomic mass is 32.1. The molecule has 0 radical (unpaired) electrons. The molecule has 0 atom stereocenters. The van der Waals surface area contributed by atoms with Crippen LogP contribution in [0.25, 0.3) is 0 Å². The number of ketones is 1. The molecule has 0 aromatic carbocycles. The maximum absolute atomic E-state index is 11.9. The lowest BCUT2D eigenvalue weighted by Gasteiger charge is -2.06. The van der Waals surface area contributed by atoms with Crippen LogP contribution in [0.5, 0.6) is 0 Å². The van der Waals surface area contributed by atoms with E-state index in [1.54, 1.807) is 24.7 Å². The lowest BCUT2D eigenvalue weighted by molar-refractivity contribution is -0.119. The molecule has 0 saturated carbocycles. The van der Waals surface area contributed by atoms with Gasteiger partial charge < -0.3 is 10.1 Å². The molecule has 0 saturated heterocycles. The highest BCUT2D eigenvalue weighted by molar-refractivity contribution is 7.15. The van der Waals surface area contributed by atoms with E-state index in [2.05, 4.69) is 10.4 Å². The Labute approximate surface area is 137 Å². The summed E-state index contributed by atoms with van der Waals surface area (Å²) in [5.74, 6) is -1.19. The van der Waals surface area contributed by atoms with Crippen molar-refractivity contribution in [3.05, 3.63) is 33.3 Å². The number of carbonyl (C=O) groups excluding carboxylic acids is 3. The van der Waals surface area contributed by atoms with Crippen molar-refractivity contribution < 1.29 is 19.1 Å². The lowest BCUT2D eigenvalue weighted by Crippen LogP contribution is -2.21. The molecule has 23 heavy (non-hydrogen) atoms. The number of esters is 1. The van der Waals surface area contributed by atoms with Gasteiger partial charge in [-0.3, -0.25) is 14.3 Å². The van der Waals surface area contributed by atoms with Gasteiger partial charge in [-0.15, -0.1) is 11.3 Å². The summed E-state index contributed by atoms with van der Waals surface area (Å²) in [6, 6.07) is 3.07. The quantitative estimate of drug-likeness (QED) is 0.667. The summed E-state index contributed by atoms with van der Waals surface area (Å²) in [6.07, 6.45) is 0. The second kappa shape index (κ2) is 6.74. The summed E-state index contributed by atoms with van der Waals surface area (Å²) in [7, 11) is 1.78. The fourth-order valence-electron chi connectivity index (χ4n) is 1.97. The minimum absolute atomic E-state index is 0.116. The summed E-state index contributed by atoms with van der Waals surface area (Å²) >= 11 is 1.04. The molecule has 2 aromatic rings. The number of anilines is 1. The molecule has 122 valence electrons. The number of hydrogen-bond acceptors (Lipinski definition) is 6. The van der Waals surface area contributed by atoms with Crippen LogP contribution >= 0.6 is 11.3 Å². The van der Waals surface area contributed by atoms with Crippen molar-refractivity contribution in [3.8, 4) is 0 Å². The normalized spacial score (nSPS) is 10.4. The Morgan fingerprint density at radius 1 is 1.26 bits per heavy atom. The first-order valence-electron chi connectivity index (χ1n) is 6.87. The predicted octanol–water partition coefficient (Wildman–Crippen LogP) is 2.10. The third-order valence-corrected chi connectivity index (χ3v) is 4.43. The maximum Gasteiger partial charge on any atom is 0.348 e. The minimum Gasteiger partial charge on any atom is -0.451 e. The van der Waals surface area contributed by atoms with Crippen LogP contribution in [0.15, 0.2) is 12.1 Å². The Bertz CT molecular complexity index is 776. The summed E-state index contributed by atoms with van der Waals surface area (Å²) < 4.78 is 6.62. The van der Waals surface area contributed by atoms with Crippen molar-refractivity contribution in [1.82, 2.24) is 9.78 Å². The van der Waals surface area contributed by atoms with E-state index in [0.29, 0.717) is 16.3 Å². The van der Waals surface area contributed by atoms with Gasteiger partial charge in [0.2, 0.25) is 0 Å². The minimum atomic E-state index is -0.628. The Kier molecular flexibility index (Phi) is 4.95. The molecule has 7 nitrogen and oxygen atoms in total. The van der Waals surface area contributed by atoms with E-state index in [-0.39, 0.29) is 10.7 Å². The lowest BCUT2D eigenvalue weighted by atomic mass is 10.3. The van der Waals surface area contributed by atoms with Gasteiger partial charge in [0.25, 0.3) is 5.91 Å². The molecule has 0 bridgehead atoms. The fourth-order valence-corrected chi connectivity index (χ4v) is 2.76. The standard InChI is InChI=1S/C15H17N3O4S/c1-8-14(9(2)18(4)17-8)16-13(20)7-22-15(21)12-6-5-11(23-12)10(3)19/h5-6H,7H2,1-4H3,(H,16,20). The third kappa shape index (κ3) is 3.84. The molecule has 8 heteroatoms. The first-order chi connectivity index (χ1) is 10.8. The second-order valence-corrected chi connectivity index (χ2v) is 6.10. The zero-order valence-corrected chi connectivity index (χ0v) is 14.1. The SMILES string of the molecule is CC(=O)c1ccc(C(=O)OCC(=O)Nc2c(C)nn(C)c2C)s1. The van der Waals surface area contributed by atoms with Crippen LogP contribution in [-0.4, -0.2) is 34.0 Å². The van der Waals surface area contributed by atoms with Crippen molar-refractivity contribution in [3.63, 3.8) is 0 Å². The largest absolute Gasteiger partial charge is 0.451 e. The number of ether oxygens (including phenoxy) is 1. The van der Waals surface area contributed by atoms with Gasteiger partial charge in [0.15, 0.2) is 12.4 Å². The van der Waals surface area contributed by atoms with Crippen LogP contribution in [0.4, 0.5) is 5.69 Å². The van der Waals surface area contributed by atoms with Crippen molar-refractivity contribution >= 4 is 34.7 Å². The summed E-state index contributed by atoms with van der Waals surface area (Å²) in [6.45, 7) is 4.63. The summed E-state index contributed by atoms with van der Waals surface area (Å²) in [4.78, 5) is 35.7. The van der Waals surface area contributed by atoms with Crippen LogP contribution in [0, 0.1) is 13.8 Å². The monoisotopic (exact) mass is 335 g/mol. The van der Waals surface area contributed by atoms with E-state index >= 15 is 0 Å². The van der Waals surface area contributed by atoms with E-state index in [4.69, 9.17) is 4.74 Å². The zero-order valence-electron chi connectivity index (χ0n) is 13.3. The van der Waals surface area contributed by atoms with Crippen LogP contribution in [0.1, 0.15) is 37.7 Å². The molecule has 0 aliphatic carbocycles. The van der Waals surface area contributed by atoms with Gasteiger partial charge in [-0.2, -0.15) is 5.10 Å². The molecule has 0 spiro atoms. The number of aromatic nitrogens is 2. The van der Waals surface area contributed by atoms with Crippen LogP contribution < -0.4 is 5.32 Å². The number of nitrogens with zero attached hydrogens (tertiary/aromatic N) is 2. The molecule has 0 aliphatic heterocycles. The molecule has 0 fully saturated rings. The number of aryl methyl sites for hydroxylation is 2. The molecular formula is C15H17N3O4S. The predicted molar refractivity (Wildman–Crippen MR) is 85.9 cm³/mol. The Morgan fingerprint density at radius 2 is 1.91 bits per heavy atom. The number of amides is 1. The summed E-state index contributed by atoms with van der Waals surface area (Å²) in [5, 5.41) is 6.87. The second-order valence-electron chi connectivity index (χ2n) is 5.01. The highest BCUT2D eigenvalue weighted by Crippen LogP contribution is 2.19. The number of hydrogen-bond donors (Lipinski definition) is 1. The Balaban J connectivity index is 1.93.